The number of amides is 3. The number of nitrogens with zero attached hydrogens (tertiary/aromatic N) is 1. The number of nitrogens with two attached hydrogens (primary N) is 1. The molecule has 0 aliphatic rings. The Labute approximate surface area is 122 Å². The molecule has 21 heavy (non-hydrogen) atoms. The zero-order chi connectivity index (χ0) is 16.0. The minimum absolute atomic E-state index is 0.183. The maximum atomic E-state index is 12.4. The summed E-state index contributed by atoms with van der Waals surface area (Å²) < 4.78 is 0. The van der Waals surface area contributed by atoms with Gasteiger partial charge >= 0.3 is 12.0 Å². The summed E-state index contributed by atoms with van der Waals surface area (Å²) in [6.45, 7) is 3.33. The molecular weight excluding hydrogens is 274 g/mol. The lowest BCUT2D eigenvalue weighted by molar-refractivity contribution is -0.138. The van der Waals surface area contributed by atoms with Crippen molar-refractivity contribution >= 4 is 23.6 Å². The molecule has 3 amide bonds. The van der Waals surface area contributed by atoms with Crippen molar-refractivity contribution in [3.05, 3.63) is 29.8 Å². The van der Waals surface area contributed by atoms with Crippen LogP contribution in [-0.2, 0) is 4.79 Å². The van der Waals surface area contributed by atoms with Crippen molar-refractivity contribution in [1.82, 2.24) is 4.90 Å². The Balaban J connectivity index is 2.92. The zero-order valence-electron chi connectivity index (χ0n) is 12.0. The molecule has 1 unspecified atom stereocenters. The smallest absolute Gasteiger partial charge is 0.323 e. The predicted octanol–water partition coefficient (Wildman–Crippen LogP) is 1.50. The molecule has 114 valence electrons. The Morgan fingerprint density at radius 1 is 1.29 bits per heavy atom. The average molecular weight is 293 g/mol. The van der Waals surface area contributed by atoms with Crippen LogP contribution >= 0.6 is 0 Å². The molecule has 7 heteroatoms. The molecule has 7 nitrogen and oxygen atoms in total. The molecule has 0 aliphatic carbocycles. The van der Waals surface area contributed by atoms with Crippen molar-refractivity contribution in [2.24, 2.45) is 5.73 Å². The van der Waals surface area contributed by atoms with Gasteiger partial charge in [-0.2, -0.15) is 0 Å². The van der Waals surface area contributed by atoms with Crippen LogP contribution in [0.25, 0.3) is 0 Å². The van der Waals surface area contributed by atoms with Gasteiger partial charge in [0.05, 0.1) is 0 Å². The van der Waals surface area contributed by atoms with Gasteiger partial charge < -0.3 is 21.1 Å². The third-order valence-corrected chi connectivity index (χ3v) is 3.09. The lowest BCUT2D eigenvalue weighted by atomic mass is 10.1. The first-order valence-corrected chi connectivity index (χ1v) is 6.54. The lowest BCUT2D eigenvalue weighted by Gasteiger charge is -2.27. The van der Waals surface area contributed by atoms with Crippen LogP contribution < -0.4 is 11.1 Å². The molecule has 0 fully saturated rings. The van der Waals surface area contributed by atoms with E-state index in [1.54, 1.807) is 6.92 Å². The van der Waals surface area contributed by atoms with Gasteiger partial charge in [-0.1, -0.05) is 6.92 Å². The van der Waals surface area contributed by atoms with Gasteiger partial charge in [0.1, 0.15) is 6.54 Å². The van der Waals surface area contributed by atoms with Crippen LogP contribution in [0.15, 0.2) is 24.3 Å². The fourth-order valence-corrected chi connectivity index (χ4v) is 1.80. The third kappa shape index (κ3) is 4.79. The van der Waals surface area contributed by atoms with Gasteiger partial charge in [-0.15, -0.1) is 0 Å². The molecule has 0 saturated heterocycles. The molecule has 0 radical (unpaired) electrons. The normalized spacial score (nSPS) is 11.5. The molecule has 0 aliphatic heterocycles. The maximum absolute atomic E-state index is 12.4. The number of nitrogens with one attached hydrogen (secondary N) is 1. The molecular formula is C14H19N3O4. The van der Waals surface area contributed by atoms with Gasteiger partial charge in [0, 0.05) is 17.3 Å². The summed E-state index contributed by atoms with van der Waals surface area (Å²) in [5.41, 5.74) is 5.81. The second kappa shape index (κ2) is 7.28. The van der Waals surface area contributed by atoms with Crippen molar-refractivity contribution in [2.75, 3.05) is 11.9 Å². The van der Waals surface area contributed by atoms with Crippen LogP contribution in [0.3, 0.4) is 0 Å². The van der Waals surface area contributed by atoms with Crippen LogP contribution in [0.1, 0.15) is 30.6 Å². The number of hydrogen-bond donors (Lipinski definition) is 3. The molecule has 0 aromatic heterocycles. The van der Waals surface area contributed by atoms with E-state index in [4.69, 9.17) is 10.8 Å². The van der Waals surface area contributed by atoms with Crippen LogP contribution in [-0.4, -0.2) is 40.5 Å². The third-order valence-electron chi connectivity index (χ3n) is 3.09. The van der Waals surface area contributed by atoms with E-state index in [0.29, 0.717) is 17.7 Å². The standard InChI is InChI=1S/C14H19N3O4/c1-3-9(2)17(8-12(18)19)13(20)10-4-6-11(7-5-10)16-14(15)21/h4-7,9H,3,8H2,1-2H3,(H,18,19)(H3,15,16,21). The van der Waals surface area contributed by atoms with Gasteiger partial charge in [-0.05, 0) is 37.6 Å². The first-order chi connectivity index (χ1) is 9.85. The van der Waals surface area contributed by atoms with Crippen molar-refractivity contribution in [2.45, 2.75) is 26.3 Å². The SMILES string of the molecule is CCC(C)N(CC(=O)O)C(=O)c1ccc(NC(N)=O)cc1. The topological polar surface area (TPSA) is 113 Å². The highest BCUT2D eigenvalue weighted by molar-refractivity contribution is 5.97. The number of primary amides is 1. The summed E-state index contributed by atoms with van der Waals surface area (Å²) in [4.78, 5) is 35.3. The highest BCUT2D eigenvalue weighted by atomic mass is 16.4. The first-order valence-electron chi connectivity index (χ1n) is 6.54. The van der Waals surface area contributed by atoms with Crippen LogP contribution in [0, 0.1) is 0 Å². The number of carboxylic acid groups (broad SMARTS) is 1. The van der Waals surface area contributed by atoms with Gasteiger partial charge in [-0.3, -0.25) is 9.59 Å². The van der Waals surface area contributed by atoms with E-state index < -0.39 is 12.0 Å². The summed E-state index contributed by atoms with van der Waals surface area (Å²) >= 11 is 0. The minimum atomic E-state index is -1.06. The first kappa shape index (κ1) is 16.5. The van der Waals surface area contributed by atoms with Crippen LogP contribution in [0.2, 0.25) is 0 Å². The number of aliphatic carboxylic acids is 1. The van der Waals surface area contributed by atoms with E-state index >= 15 is 0 Å². The number of benzene rings is 1. The van der Waals surface area contributed by atoms with Gasteiger partial charge in [0.2, 0.25) is 0 Å². The highest BCUT2D eigenvalue weighted by Gasteiger charge is 2.22. The molecule has 1 aromatic carbocycles. The molecule has 0 spiro atoms. The van der Waals surface area contributed by atoms with Crippen LogP contribution in [0.4, 0.5) is 10.5 Å². The second-order valence-electron chi connectivity index (χ2n) is 4.65. The van der Waals surface area contributed by atoms with Crippen molar-refractivity contribution in [3.63, 3.8) is 0 Å². The number of hydrogen-bond acceptors (Lipinski definition) is 3. The second-order valence-corrected chi connectivity index (χ2v) is 4.65. The largest absolute Gasteiger partial charge is 0.480 e. The Bertz CT molecular complexity index is 528. The Hall–Kier alpha value is -2.57. The van der Waals surface area contributed by atoms with E-state index in [1.165, 1.54) is 29.2 Å². The fourth-order valence-electron chi connectivity index (χ4n) is 1.80. The molecule has 0 heterocycles. The van der Waals surface area contributed by atoms with Gasteiger partial charge in [0.25, 0.3) is 5.91 Å². The number of carbonyl (C=O) groups is 3. The molecule has 1 aromatic rings. The van der Waals surface area contributed by atoms with Crippen LogP contribution in [0.5, 0.6) is 0 Å². The molecule has 1 rings (SSSR count). The quantitative estimate of drug-likeness (QED) is 0.737. The number of urea groups is 1. The number of carbonyl (C=O) groups excluding carboxylic acids is 2. The van der Waals surface area contributed by atoms with E-state index in [9.17, 15) is 14.4 Å². The zero-order valence-corrected chi connectivity index (χ0v) is 12.0. The molecule has 1 atom stereocenters. The Kier molecular flexibility index (Phi) is 5.71. The summed E-state index contributed by atoms with van der Waals surface area (Å²) in [6.07, 6.45) is 0.653. The van der Waals surface area contributed by atoms with E-state index in [2.05, 4.69) is 5.32 Å². The fraction of sp³-hybridized carbons (Fsp3) is 0.357. The van der Waals surface area contributed by atoms with Gasteiger partial charge in [-0.25, -0.2) is 4.79 Å². The monoisotopic (exact) mass is 293 g/mol. The van der Waals surface area contributed by atoms with Crippen molar-refractivity contribution < 1.29 is 19.5 Å². The Morgan fingerprint density at radius 3 is 2.29 bits per heavy atom. The molecule has 0 bridgehead atoms. The van der Waals surface area contributed by atoms with E-state index in [1.807, 2.05) is 6.92 Å². The van der Waals surface area contributed by atoms with Crippen molar-refractivity contribution in [3.8, 4) is 0 Å². The average Bonchev–Trinajstić information content (AvgIpc) is 2.43. The minimum Gasteiger partial charge on any atom is -0.480 e. The van der Waals surface area contributed by atoms with Crippen molar-refractivity contribution in [1.29, 1.82) is 0 Å². The van der Waals surface area contributed by atoms with Gasteiger partial charge in [0.15, 0.2) is 0 Å². The highest BCUT2D eigenvalue weighted by Crippen LogP contribution is 2.14. The lowest BCUT2D eigenvalue weighted by Crippen LogP contribution is -2.41. The van der Waals surface area contributed by atoms with E-state index in [-0.39, 0.29) is 18.5 Å². The number of anilines is 1. The summed E-state index contributed by atoms with van der Waals surface area (Å²) in [5, 5.41) is 11.3. The molecule has 0 saturated carbocycles. The summed E-state index contributed by atoms with van der Waals surface area (Å²) in [5.74, 6) is -1.42. The summed E-state index contributed by atoms with van der Waals surface area (Å²) in [7, 11) is 0. The van der Waals surface area contributed by atoms with E-state index in [0.717, 1.165) is 0 Å². The number of rotatable bonds is 6. The summed E-state index contributed by atoms with van der Waals surface area (Å²) in [6, 6.07) is 5.23. The predicted molar refractivity (Wildman–Crippen MR) is 78.1 cm³/mol. The number of carboxylic acids is 1. The Morgan fingerprint density at radius 2 is 1.86 bits per heavy atom. The maximum Gasteiger partial charge on any atom is 0.323 e. The molecule has 4 N–H and O–H groups in total.